The maximum absolute atomic E-state index is 2.77. The predicted molar refractivity (Wildman–Crippen MR) is 69.2 cm³/mol. The Balaban J connectivity index is 2.11. The first-order valence-electron chi connectivity index (χ1n) is 5.81. The van der Waals surface area contributed by atoms with Crippen molar-refractivity contribution in [3.63, 3.8) is 0 Å². The van der Waals surface area contributed by atoms with Crippen LogP contribution in [-0.4, -0.2) is 10.6 Å². The summed E-state index contributed by atoms with van der Waals surface area (Å²) in [5.74, 6) is 0. The van der Waals surface area contributed by atoms with Crippen molar-refractivity contribution in [2.75, 3.05) is 0 Å². The Kier molecular flexibility index (Phi) is 2.97. The molecular formula is C11H20BI. The Bertz CT molecular complexity index is 177. The van der Waals surface area contributed by atoms with Gasteiger partial charge in [-0.25, -0.2) is 0 Å². The predicted octanol–water partition coefficient (Wildman–Crippen LogP) is 3.88. The van der Waals surface area contributed by atoms with Gasteiger partial charge in [0.1, 0.15) is 7.28 Å². The van der Waals surface area contributed by atoms with Crippen LogP contribution in [0.1, 0.15) is 58.3 Å². The number of rotatable bonds is 0. The van der Waals surface area contributed by atoms with Crippen LogP contribution in [0.25, 0.3) is 0 Å². The smallest absolute Gasteiger partial charge is 0.0883 e. The molecule has 0 aliphatic carbocycles. The van der Waals surface area contributed by atoms with Crippen molar-refractivity contribution < 1.29 is 0 Å². The Morgan fingerprint density at radius 1 is 0.923 bits per heavy atom. The van der Waals surface area contributed by atoms with Crippen LogP contribution in [0.3, 0.4) is 0 Å². The van der Waals surface area contributed by atoms with E-state index in [1.165, 1.54) is 58.6 Å². The number of alkyl halides is 1. The Hall–Kier alpha value is 0.795. The molecule has 2 aliphatic heterocycles. The number of halogens is 1. The van der Waals surface area contributed by atoms with Crippen LogP contribution in [0.4, 0.5) is 0 Å². The highest BCUT2D eigenvalue weighted by atomic mass is 127. The van der Waals surface area contributed by atoms with E-state index in [-0.39, 0.29) is 0 Å². The van der Waals surface area contributed by atoms with Crippen LogP contribution in [0.15, 0.2) is 0 Å². The zero-order valence-corrected chi connectivity index (χ0v) is 10.9. The molecule has 0 aromatic heterocycles. The lowest BCUT2D eigenvalue weighted by molar-refractivity contribution is 0.384. The minimum atomic E-state index is 0.686. The third kappa shape index (κ3) is 2.43. The fourth-order valence-corrected chi connectivity index (χ4v) is 5.05. The number of hydrogen-bond acceptors (Lipinski definition) is 0. The zero-order valence-electron chi connectivity index (χ0n) is 8.74. The van der Waals surface area contributed by atoms with Crippen molar-refractivity contribution in [1.29, 1.82) is 0 Å². The van der Waals surface area contributed by atoms with Crippen molar-refractivity contribution in [2.24, 2.45) is 0 Å². The maximum Gasteiger partial charge on any atom is 0.147 e. The molecule has 2 bridgehead atoms. The van der Waals surface area contributed by atoms with Gasteiger partial charge in [-0.15, -0.1) is 0 Å². The Morgan fingerprint density at radius 2 is 1.54 bits per heavy atom. The van der Waals surface area contributed by atoms with E-state index >= 15 is 0 Å². The van der Waals surface area contributed by atoms with E-state index in [2.05, 4.69) is 29.5 Å². The molecule has 0 saturated carbocycles. The molecule has 2 saturated heterocycles. The average Bonchev–Trinajstić information content (AvgIpc) is 2.01. The summed E-state index contributed by atoms with van der Waals surface area (Å²) in [4.78, 5) is 0. The van der Waals surface area contributed by atoms with Gasteiger partial charge in [-0.3, -0.25) is 0 Å². The summed E-state index contributed by atoms with van der Waals surface area (Å²) in [5.41, 5.74) is 0. The molecule has 2 atom stereocenters. The molecule has 0 aromatic carbocycles. The summed E-state index contributed by atoms with van der Waals surface area (Å²) >= 11 is 2.77. The first-order chi connectivity index (χ1) is 6.12. The first kappa shape index (κ1) is 10.3. The molecule has 13 heavy (non-hydrogen) atoms. The quantitative estimate of drug-likeness (QED) is 0.361. The van der Waals surface area contributed by atoms with Gasteiger partial charge in [0.05, 0.1) is 0 Å². The van der Waals surface area contributed by atoms with Crippen molar-refractivity contribution in [2.45, 2.75) is 66.9 Å². The van der Waals surface area contributed by atoms with Gasteiger partial charge < -0.3 is 0 Å². The van der Waals surface area contributed by atoms with Gasteiger partial charge in [-0.05, 0) is 16.2 Å². The topological polar surface area (TPSA) is 0 Å². The third-order valence-electron chi connectivity index (χ3n) is 4.05. The van der Waals surface area contributed by atoms with Gasteiger partial charge >= 0.3 is 0 Å². The largest absolute Gasteiger partial charge is 0.147 e. The lowest BCUT2D eigenvalue weighted by Gasteiger charge is -2.44. The van der Waals surface area contributed by atoms with E-state index < -0.39 is 0 Å². The monoisotopic (exact) mass is 290 g/mol. The van der Waals surface area contributed by atoms with E-state index in [0.29, 0.717) is 8.64 Å². The van der Waals surface area contributed by atoms with E-state index in [4.69, 9.17) is 0 Å². The van der Waals surface area contributed by atoms with Gasteiger partial charge in [-0.1, -0.05) is 73.4 Å². The van der Waals surface area contributed by atoms with Crippen molar-refractivity contribution in [3.05, 3.63) is 0 Å². The van der Waals surface area contributed by atoms with E-state index in [9.17, 15) is 0 Å². The minimum absolute atomic E-state index is 0.686. The molecule has 2 aliphatic rings. The fraction of sp³-hybridized carbons (Fsp3) is 1.00. The molecule has 0 aromatic rings. The van der Waals surface area contributed by atoms with Crippen LogP contribution in [0, 0.1) is 0 Å². The van der Waals surface area contributed by atoms with E-state index in [1.807, 2.05) is 0 Å². The molecule has 0 N–H and O–H groups in total. The summed E-state index contributed by atoms with van der Waals surface area (Å²) in [5, 5.41) is 0.708. The van der Waals surface area contributed by atoms with E-state index in [0.717, 1.165) is 0 Å². The summed E-state index contributed by atoms with van der Waals surface area (Å²) in [7, 11) is 1.50. The molecular weight excluding hydrogens is 270 g/mol. The summed E-state index contributed by atoms with van der Waals surface area (Å²) in [6.07, 6.45) is 11.9. The number of hydrogen-bond donors (Lipinski definition) is 0. The molecule has 2 fully saturated rings. The minimum Gasteiger partial charge on any atom is -0.0883 e. The van der Waals surface area contributed by atoms with Crippen LogP contribution in [0.2, 0.25) is 5.31 Å². The summed E-state index contributed by atoms with van der Waals surface area (Å²) in [6, 6.07) is 0. The molecule has 2 rings (SSSR count). The highest BCUT2D eigenvalue weighted by Crippen LogP contribution is 2.50. The molecule has 0 radical (unpaired) electrons. The van der Waals surface area contributed by atoms with Crippen LogP contribution >= 0.6 is 22.6 Å². The Labute approximate surface area is 96.6 Å². The van der Waals surface area contributed by atoms with Crippen molar-refractivity contribution in [3.8, 4) is 0 Å². The molecule has 0 amide bonds. The van der Waals surface area contributed by atoms with Gasteiger partial charge in [-0.2, -0.15) is 0 Å². The second-order valence-corrected chi connectivity index (χ2v) is 7.84. The van der Waals surface area contributed by atoms with Crippen molar-refractivity contribution in [1.82, 2.24) is 0 Å². The molecule has 74 valence electrons. The highest BCUT2D eigenvalue weighted by molar-refractivity contribution is 14.1. The molecule has 0 nitrogen and oxygen atoms in total. The lowest BCUT2D eigenvalue weighted by Crippen LogP contribution is -2.41. The molecule has 2 heteroatoms. The maximum atomic E-state index is 2.77. The van der Waals surface area contributed by atoms with Crippen LogP contribution < -0.4 is 0 Å². The molecule has 0 spiro atoms. The van der Waals surface area contributed by atoms with Crippen LogP contribution in [-0.2, 0) is 0 Å². The summed E-state index contributed by atoms with van der Waals surface area (Å²) < 4.78 is 0.686. The normalized spacial score (nSPS) is 46.0. The van der Waals surface area contributed by atoms with Crippen molar-refractivity contribution >= 4 is 29.9 Å². The highest BCUT2D eigenvalue weighted by Gasteiger charge is 2.41. The fourth-order valence-electron chi connectivity index (χ4n) is 3.37. The zero-order chi connectivity index (χ0) is 9.36. The van der Waals surface area contributed by atoms with Gasteiger partial charge in [0.25, 0.3) is 0 Å². The van der Waals surface area contributed by atoms with Gasteiger partial charge in [0.2, 0.25) is 0 Å². The number of fused-ring (bicyclic) bond motifs is 2. The van der Waals surface area contributed by atoms with Gasteiger partial charge in [0.15, 0.2) is 0 Å². The van der Waals surface area contributed by atoms with Gasteiger partial charge in [0, 0.05) is 0 Å². The van der Waals surface area contributed by atoms with E-state index in [1.54, 1.807) is 0 Å². The first-order valence-corrected chi connectivity index (χ1v) is 6.89. The molecule has 2 unspecified atom stereocenters. The van der Waals surface area contributed by atoms with Crippen LogP contribution in [0.5, 0.6) is 0 Å². The SMILES string of the molecule is CC12BC(I)(CCCCC1)CCC2. The summed E-state index contributed by atoms with van der Waals surface area (Å²) in [6.45, 7) is 2.53. The lowest BCUT2D eigenvalue weighted by atomic mass is 9.38. The standard InChI is InChI=1S/C11H20BI/c1-10-6-3-2-4-8-11(13,12-10)9-5-7-10/h12H,2-9H2,1H3. The molecule has 2 heterocycles. The average molecular weight is 290 g/mol. The third-order valence-corrected chi connectivity index (χ3v) is 5.51. The Morgan fingerprint density at radius 3 is 2.38 bits per heavy atom. The second kappa shape index (κ2) is 3.75. The second-order valence-electron chi connectivity index (χ2n) is 5.55.